The van der Waals surface area contributed by atoms with E-state index < -0.39 is 0 Å². The Bertz CT molecular complexity index is 1210. The van der Waals surface area contributed by atoms with E-state index in [9.17, 15) is 0 Å². The fraction of sp³-hybridized carbons (Fsp3) is 0.0952. The average molecular weight is 424 g/mol. The van der Waals surface area contributed by atoms with Crippen LogP contribution < -0.4 is 25.3 Å². The maximum absolute atomic E-state index is 6.28. The van der Waals surface area contributed by atoms with E-state index in [0.717, 1.165) is 5.39 Å². The molecule has 2 aromatic heterocycles. The first kappa shape index (κ1) is 19.5. The first-order valence-electron chi connectivity index (χ1n) is 8.91. The van der Waals surface area contributed by atoms with Gasteiger partial charge >= 0.3 is 0 Å². The Kier molecular flexibility index (Phi) is 5.40. The minimum Gasteiger partial charge on any atom is -0.495 e. The molecule has 2 heterocycles. The molecule has 0 bridgehead atoms. The van der Waals surface area contributed by atoms with E-state index in [1.165, 1.54) is 13.4 Å². The Morgan fingerprint density at radius 1 is 0.933 bits per heavy atom. The minimum absolute atomic E-state index is 0.198. The van der Waals surface area contributed by atoms with E-state index in [1.54, 1.807) is 31.5 Å². The van der Waals surface area contributed by atoms with Gasteiger partial charge in [-0.2, -0.15) is 4.98 Å². The van der Waals surface area contributed by atoms with Gasteiger partial charge in [0, 0.05) is 17.6 Å². The number of rotatable bonds is 6. The maximum atomic E-state index is 6.28. The van der Waals surface area contributed by atoms with E-state index in [0.29, 0.717) is 39.3 Å². The van der Waals surface area contributed by atoms with Gasteiger partial charge in [-0.25, -0.2) is 4.98 Å². The molecule has 8 nitrogen and oxygen atoms in total. The van der Waals surface area contributed by atoms with Crippen LogP contribution in [0.1, 0.15) is 0 Å². The predicted molar refractivity (Wildman–Crippen MR) is 116 cm³/mol. The molecule has 0 atom stereocenters. The van der Waals surface area contributed by atoms with Crippen LogP contribution in [0.4, 0.5) is 17.2 Å². The van der Waals surface area contributed by atoms with Crippen molar-refractivity contribution in [3.8, 4) is 23.1 Å². The Morgan fingerprint density at radius 3 is 2.53 bits per heavy atom. The fourth-order valence-electron chi connectivity index (χ4n) is 2.91. The average Bonchev–Trinajstić information content (AvgIpc) is 2.77. The number of benzene rings is 2. The van der Waals surface area contributed by atoms with Gasteiger partial charge in [0.15, 0.2) is 11.6 Å². The number of methoxy groups -OCH3 is 2. The van der Waals surface area contributed by atoms with Crippen molar-refractivity contribution in [2.75, 3.05) is 25.3 Å². The van der Waals surface area contributed by atoms with Gasteiger partial charge in [0.25, 0.3) is 0 Å². The molecule has 0 radical (unpaired) electrons. The van der Waals surface area contributed by atoms with Crippen molar-refractivity contribution in [1.82, 2.24) is 15.0 Å². The van der Waals surface area contributed by atoms with Crippen molar-refractivity contribution in [1.29, 1.82) is 0 Å². The Morgan fingerprint density at radius 2 is 1.73 bits per heavy atom. The van der Waals surface area contributed by atoms with Crippen molar-refractivity contribution in [2.45, 2.75) is 0 Å². The lowest BCUT2D eigenvalue weighted by molar-refractivity contribution is 0.396. The molecular weight excluding hydrogens is 406 g/mol. The Balaban J connectivity index is 1.68. The number of nitrogens with two attached hydrogens (primary N) is 1. The van der Waals surface area contributed by atoms with Crippen molar-refractivity contribution >= 4 is 39.7 Å². The van der Waals surface area contributed by atoms with Crippen molar-refractivity contribution < 1.29 is 14.2 Å². The fourth-order valence-corrected chi connectivity index (χ4v) is 3.15. The van der Waals surface area contributed by atoms with Crippen LogP contribution in [0.25, 0.3) is 10.9 Å². The van der Waals surface area contributed by atoms with Crippen LogP contribution in [0.3, 0.4) is 0 Å². The van der Waals surface area contributed by atoms with Crippen molar-refractivity contribution in [3.63, 3.8) is 0 Å². The van der Waals surface area contributed by atoms with Crippen LogP contribution >= 0.6 is 11.6 Å². The van der Waals surface area contributed by atoms with Gasteiger partial charge in [-0.15, -0.1) is 0 Å². The number of ether oxygens (including phenoxy) is 3. The van der Waals surface area contributed by atoms with Crippen LogP contribution in [-0.2, 0) is 0 Å². The summed E-state index contributed by atoms with van der Waals surface area (Å²) in [6, 6.07) is 12.8. The number of halogens is 1. The third-order valence-electron chi connectivity index (χ3n) is 4.38. The van der Waals surface area contributed by atoms with Crippen LogP contribution in [-0.4, -0.2) is 29.2 Å². The molecule has 0 aliphatic rings. The van der Waals surface area contributed by atoms with E-state index >= 15 is 0 Å². The molecule has 0 saturated carbocycles. The molecule has 0 aliphatic heterocycles. The van der Waals surface area contributed by atoms with E-state index in [4.69, 9.17) is 31.5 Å². The number of fused-ring (bicyclic) bond motifs is 1. The molecule has 30 heavy (non-hydrogen) atoms. The van der Waals surface area contributed by atoms with Crippen LogP contribution in [0.5, 0.6) is 23.1 Å². The molecule has 152 valence electrons. The zero-order chi connectivity index (χ0) is 21.1. The van der Waals surface area contributed by atoms with Crippen LogP contribution in [0, 0.1) is 0 Å². The van der Waals surface area contributed by atoms with Gasteiger partial charge < -0.3 is 25.3 Å². The second-order valence-corrected chi connectivity index (χ2v) is 6.59. The van der Waals surface area contributed by atoms with Gasteiger partial charge in [0.1, 0.15) is 29.0 Å². The highest BCUT2D eigenvalue weighted by Crippen LogP contribution is 2.39. The first-order valence-corrected chi connectivity index (χ1v) is 9.29. The number of hydrogen-bond donors (Lipinski definition) is 2. The zero-order valence-electron chi connectivity index (χ0n) is 16.2. The summed E-state index contributed by atoms with van der Waals surface area (Å²) >= 11 is 6.24. The van der Waals surface area contributed by atoms with Gasteiger partial charge in [0.2, 0.25) is 5.88 Å². The number of pyridine rings is 1. The lowest BCUT2D eigenvalue weighted by Gasteiger charge is -2.15. The molecular formula is C21H18ClN5O3. The highest BCUT2D eigenvalue weighted by molar-refractivity contribution is 6.32. The van der Waals surface area contributed by atoms with Crippen molar-refractivity contribution in [3.05, 3.63) is 60.0 Å². The molecule has 0 spiro atoms. The molecule has 0 amide bonds. The standard InChI is InChI=1S/C21H18ClN5O3/c1-28-16-10-17(29-2)14(9-13(16)22)27-20-18(23)21(26-11-25-20)30-15-7-3-5-12-6-4-8-24-19(12)15/h3-11H,23H2,1-2H3,(H,25,26,27). The Hall–Kier alpha value is -3.78. The number of nitrogens with one attached hydrogen (secondary N) is 1. The maximum Gasteiger partial charge on any atom is 0.248 e. The highest BCUT2D eigenvalue weighted by Gasteiger charge is 2.16. The van der Waals surface area contributed by atoms with Gasteiger partial charge in [-0.1, -0.05) is 29.8 Å². The lowest BCUT2D eigenvalue weighted by atomic mass is 10.2. The number of anilines is 3. The summed E-state index contributed by atoms with van der Waals surface area (Å²) in [6.07, 6.45) is 3.05. The van der Waals surface area contributed by atoms with Crippen LogP contribution in [0.15, 0.2) is 55.0 Å². The molecule has 9 heteroatoms. The predicted octanol–water partition coefficient (Wildman–Crippen LogP) is 4.81. The quantitative estimate of drug-likeness (QED) is 0.455. The number of nitrogen functional groups attached to an aromatic ring is 1. The van der Waals surface area contributed by atoms with Crippen LogP contribution in [0.2, 0.25) is 5.02 Å². The number of hydrogen-bond acceptors (Lipinski definition) is 8. The summed E-state index contributed by atoms with van der Waals surface area (Å²) in [6.45, 7) is 0. The number of nitrogens with zero attached hydrogens (tertiary/aromatic N) is 3. The molecule has 0 aliphatic carbocycles. The normalized spacial score (nSPS) is 10.6. The van der Waals surface area contributed by atoms with Gasteiger partial charge in [0.05, 0.1) is 24.9 Å². The topological polar surface area (TPSA) is 104 Å². The summed E-state index contributed by atoms with van der Waals surface area (Å²) < 4.78 is 16.6. The monoisotopic (exact) mass is 423 g/mol. The summed E-state index contributed by atoms with van der Waals surface area (Å²) in [5.74, 6) is 2.07. The largest absolute Gasteiger partial charge is 0.495 e. The third kappa shape index (κ3) is 3.72. The number of para-hydroxylation sites is 1. The van der Waals surface area contributed by atoms with E-state index in [2.05, 4.69) is 20.3 Å². The van der Waals surface area contributed by atoms with Gasteiger partial charge in [-0.3, -0.25) is 4.98 Å². The highest BCUT2D eigenvalue weighted by atomic mass is 35.5. The summed E-state index contributed by atoms with van der Waals surface area (Å²) in [5, 5.41) is 4.46. The molecule has 0 fully saturated rings. The van der Waals surface area contributed by atoms with Crippen molar-refractivity contribution in [2.24, 2.45) is 0 Å². The summed E-state index contributed by atoms with van der Waals surface area (Å²) in [4.78, 5) is 12.8. The zero-order valence-corrected chi connectivity index (χ0v) is 17.0. The minimum atomic E-state index is 0.198. The Labute approximate surface area is 177 Å². The smallest absolute Gasteiger partial charge is 0.248 e. The second kappa shape index (κ2) is 8.30. The number of aromatic nitrogens is 3. The lowest BCUT2D eigenvalue weighted by Crippen LogP contribution is -2.04. The third-order valence-corrected chi connectivity index (χ3v) is 4.67. The van der Waals surface area contributed by atoms with E-state index in [1.807, 2.05) is 24.3 Å². The first-order chi connectivity index (χ1) is 14.6. The molecule has 4 rings (SSSR count). The summed E-state index contributed by atoms with van der Waals surface area (Å²) in [5.41, 5.74) is 7.77. The molecule has 3 N–H and O–H groups in total. The molecule has 4 aromatic rings. The van der Waals surface area contributed by atoms with Gasteiger partial charge in [-0.05, 0) is 18.2 Å². The SMILES string of the molecule is COc1cc(OC)c(Nc2ncnc(Oc3cccc4cccnc34)c2N)cc1Cl. The molecule has 0 saturated heterocycles. The molecule has 0 unspecified atom stereocenters. The second-order valence-electron chi connectivity index (χ2n) is 6.19. The van der Waals surface area contributed by atoms with E-state index in [-0.39, 0.29) is 11.6 Å². The molecule has 2 aromatic carbocycles. The summed E-state index contributed by atoms with van der Waals surface area (Å²) in [7, 11) is 3.07.